The van der Waals surface area contributed by atoms with Crippen LogP contribution in [0.5, 0.6) is 0 Å². The SMILES string of the molecule is CN1CCC(N2CCc3cc[c]cc3C2)CC1. The van der Waals surface area contributed by atoms with E-state index in [1.54, 1.807) is 0 Å². The van der Waals surface area contributed by atoms with Gasteiger partial charge in [-0.05, 0) is 62.7 Å². The van der Waals surface area contributed by atoms with Crippen LogP contribution in [0, 0.1) is 6.07 Å². The zero-order valence-corrected chi connectivity index (χ0v) is 10.7. The van der Waals surface area contributed by atoms with Gasteiger partial charge in [-0.2, -0.15) is 0 Å². The Morgan fingerprint density at radius 1 is 1.18 bits per heavy atom. The van der Waals surface area contributed by atoms with E-state index in [0.717, 1.165) is 12.6 Å². The van der Waals surface area contributed by atoms with Gasteiger partial charge in [0.15, 0.2) is 0 Å². The molecule has 0 amide bonds. The summed E-state index contributed by atoms with van der Waals surface area (Å²) in [5, 5.41) is 0. The summed E-state index contributed by atoms with van der Waals surface area (Å²) in [6.07, 6.45) is 3.89. The zero-order chi connectivity index (χ0) is 11.7. The minimum Gasteiger partial charge on any atom is -0.306 e. The van der Waals surface area contributed by atoms with Crippen molar-refractivity contribution in [3.63, 3.8) is 0 Å². The predicted octanol–water partition coefficient (Wildman–Crippen LogP) is 1.94. The molecule has 2 nitrogen and oxygen atoms in total. The molecule has 2 heterocycles. The first kappa shape index (κ1) is 11.2. The van der Waals surface area contributed by atoms with Crippen LogP contribution in [0.15, 0.2) is 18.2 Å². The summed E-state index contributed by atoms with van der Waals surface area (Å²) in [6.45, 7) is 4.90. The van der Waals surface area contributed by atoms with Crippen LogP contribution in [0.4, 0.5) is 0 Å². The average Bonchev–Trinajstić information content (AvgIpc) is 2.39. The topological polar surface area (TPSA) is 6.48 Å². The fraction of sp³-hybridized carbons (Fsp3) is 0.600. The molecule has 0 N–H and O–H groups in total. The van der Waals surface area contributed by atoms with Gasteiger partial charge in [0.2, 0.25) is 0 Å². The molecule has 0 atom stereocenters. The number of likely N-dealkylation sites (tertiary alicyclic amines) is 1. The Kier molecular flexibility index (Phi) is 3.17. The molecule has 17 heavy (non-hydrogen) atoms. The standard InChI is InChI=1S/C15H21N2/c1-16-9-7-15(8-10-16)17-11-6-13-4-2-3-5-14(13)12-17/h2,4-5,15H,6-12H2,1H3. The van der Waals surface area contributed by atoms with E-state index in [2.05, 4.69) is 35.0 Å². The quantitative estimate of drug-likeness (QED) is 0.726. The first-order valence-corrected chi connectivity index (χ1v) is 6.73. The lowest BCUT2D eigenvalue weighted by molar-refractivity contribution is 0.109. The van der Waals surface area contributed by atoms with Gasteiger partial charge in [0, 0.05) is 19.1 Å². The van der Waals surface area contributed by atoms with Crippen LogP contribution in [0.25, 0.3) is 0 Å². The lowest BCUT2D eigenvalue weighted by atomic mass is 9.95. The molecule has 0 aliphatic carbocycles. The van der Waals surface area contributed by atoms with E-state index in [1.165, 1.54) is 50.0 Å². The Labute approximate surface area is 104 Å². The molecule has 0 unspecified atom stereocenters. The highest BCUT2D eigenvalue weighted by Crippen LogP contribution is 2.24. The maximum atomic E-state index is 3.22. The summed E-state index contributed by atoms with van der Waals surface area (Å²) in [7, 11) is 2.23. The summed E-state index contributed by atoms with van der Waals surface area (Å²) in [5.74, 6) is 0. The Hall–Kier alpha value is -0.860. The Morgan fingerprint density at radius 2 is 2.00 bits per heavy atom. The summed E-state index contributed by atoms with van der Waals surface area (Å²) in [4.78, 5) is 5.13. The molecule has 0 bridgehead atoms. The van der Waals surface area contributed by atoms with Gasteiger partial charge in [-0.1, -0.05) is 12.1 Å². The highest BCUT2D eigenvalue weighted by molar-refractivity contribution is 5.28. The number of piperidine rings is 1. The van der Waals surface area contributed by atoms with E-state index in [0.29, 0.717) is 0 Å². The highest BCUT2D eigenvalue weighted by Gasteiger charge is 2.25. The van der Waals surface area contributed by atoms with Crippen molar-refractivity contribution in [3.05, 3.63) is 35.4 Å². The van der Waals surface area contributed by atoms with E-state index in [9.17, 15) is 0 Å². The number of rotatable bonds is 1. The van der Waals surface area contributed by atoms with Gasteiger partial charge in [0.25, 0.3) is 0 Å². The molecule has 1 radical (unpaired) electrons. The number of hydrogen-bond acceptors (Lipinski definition) is 2. The van der Waals surface area contributed by atoms with Crippen molar-refractivity contribution in [2.75, 3.05) is 26.7 Å². The van der Waals surface area contributed by atoms with Crippen LogP contribution in [0.3, 0.4) is 0 Å². The number of benzene rings is 1. The Balaban J connectivity index is 1.68. The van der Waals surface area contributed by atoms with Crippen LogP contribution in [-0.4, -0.2) is 42.5 Å². The molecule has 2 aliphatic rings. The molecular weight excluding hydrogens is 208 g/mol. The van der Waals surface area contributed by atoms with E-state index in [1.807, 2.05) is 6.07 Å². The molecule has 1 aromatic rings. The number of nitrogens with zero attached hydrogens (tertiary/aromatic N) is 2. The fourth-order valence-electron chi connectivity index (χ4n) is 3.12. The zero-order valence-electron chi connectivity index (χ0n) is 10.7. The smallest absolute Gasteiger partial charge is 0.0239 e. The minimum absolute atomic E-state index is 0.805. The molecule has 1 fully saturated rings. The summed E-state index contributed by atoms with van der Waals surface area (Å²) < 4.78 is 0. The van der Waals surface area contributed by atoms with Crippen molar-refractivity contribution < 1.29 is 0 Å². The van der Waals surface area contributed by atoms with Gasteiger partial charge in [0.1, 0.15) is 0 Å². The first-order valence-electron chi connectivity index (χ1n) is 6.73. The third kappa shape index (κ3) is 2.38. The Morgan fingerprint density at radius 3 is 2.82 bits per heavy atom. The summed E-state index contributed by atoms with van der Waals surface area (Å²) >= 11 is 0. The molecule has 3 rings (SSSR count). The van der Waals surface area contributed by atoms with E-state index < -0.39 is 0 Å². The van der Waals surface area contributed by atoms with Crippen molar-refractivity contribution in [1.82, 2.24) is 9.80 Å². The van der Waals surface area contributed by atoms with Crippen molar-refractivity contribution in [2.24, 2.45) is 0 Å². The molecular formula is C15H21N2. The van der Waals surface area contributed by atoms with Gasteiger partial charge in [-0.15, -0.1) is 0 Å². The van der Waals surface area contributed by atoms with Crippen molar-refractivity contribution in [3.8, 4) is 0 Å². The largest absolute Gasteiger partial charge is 0.306 e. The Bertz CT molecular complexity index is 380. The molecule has 1 aromatic carbocycles. The van der Waals surface area contributed by atoms with Gasteiger partial charge in [0.05, 0.1) is 0 Å². The summed E-state index contributed by atoms with van der Waals surface area (Å²) in [5.41, 5.74) is 3.03. The third-order valence-corrected chi connectivity index (χ3v) is 4.30. The summed E-state index contributed by atoms with van der Waals surface area (Å²) in [6, 6.07) is 10.5. The van der Waals surface area contributed by atoms with Crippen molar-refractivity contribution in [2.45, 2.75) is 31.8 Å². The van der Waals surface area contributed by atoms with E-state index >= 15 is 0 Å². The third-order valence-electron chi connectivity index (χ3n) is 4.30. The van der Waals surface area contributed by atoms with Crippen LogP contribution < -0.4 is 0 Å². The van der Waals surface area contributed by atoms with Gasteiger partial charge < -0.3 is 4.90 Å². The molecule has 2 heteroatoms. The fourth-order valence-corrected chi connectivity index (χ4v) is 3.12. The second-order valence-electron chi connectivity index (χ2n) is 5.45. The molecule has 0 aromatic heterocycles. The monoisotopic (exact) mass is 229 g/mol. The number of fused-ring (bicyclic) bond motifs is 1. The van der Waals surface area contributed by atoms with Crippen LogP contribution in [0.2, 0.25) is 0 Å². The molecule has 2 aliphatic heterocycles. The van der Waals surface area contributed by atoms with Gasteiger partial charge in [-0.25, -0.2) is 0 Å². The second-order valence-corrected chi connectivity index (χ2v) is 5.45. The maximum Gasteiger partial charge on any atom is 0.0239 e. The van der Waals surface area contributed by atoms with Crippen LogP contribution in [-0.2, 0) is 13.0 Å². The lowest BCUT2D eigenvalue weighted by Gasteiger charge is -2.39. The van der Waals surface area contributed by atoms with E-state index in [-0.39, 0.29) is 0 Å². The second kappa shape index (κ2) is 4.79. The van der Waals surface area contributed by atoms with Crippen molar-refractivity contribution >= 4 is 0 Å². The van der Waals surface area contributed by atoms with Crippen LogP contribution in [0.1, 0.15) is 24.0 Å². The molecule has 1 saturated heterocycles. The van der Waals surface area contributed by atoms with Gasteiger partial charge >= 0.3 is 0 Å². The van der Waals surface area contributed by atoms with Crippen LogP contribution >= 0.6 is 0 Å². The minimum atomic E-state index is 0.805. The lowest BCUT2D eigenvalue weighted by Crippen LogP contribution is -2.45. The van der Waals surface area contributed by atoms with Gasteiger partial charge in [-0.3, -0.25) is 4.90 Å². The van der Waals surface area contributed by atoms with E-state index in [4.69, 9.17) is 0 Å². The predicted molar refractivity (Wildman–Crippen MR) is 69.9 cm³/mol. The van der Waals surface area contributed by atoms with Crippen molar-refractivity contribution in [1.29, 1.82) is 0 Å². The maximum absolute atomic E-state index is 3.22. The number of hydrogen-bond donors (Lipinski definition) is 0. The average molecular weight is 229 g/mol. The molecule has 0 saturated carbocycles. The molecule has 91 valence electrons. The molecule has 0 spiro atoms. The highest BCUT2D eigenvalue weighted by atomic mass is 15.2. The normalized spacial score (nSPS) is 23.6. The first-order chi connectivity index (χ1) is 8.33.